The molecule has 6 heteroatoms. The molecule has 6 nitrogen and oxygen atoms in total. The number of nitrogens with zero attached hydrogens (tertiary/aromatic N) is 3. The Hall–Kier alpha value is -1.89. The predicted octanol–water partition coefficient (Wildman–Crippen LogP) is 2.63. The number of nitrogens with one attached hydrogen (secondary N) is 1. The fourth-order valence-corrected chi connectivity index (χ4v) is 2.86. The van der Waals surface area contributed by atoms with Gasteiger partial charge < -0.3 is 19.7 Å². The molecule has 0 fully saturated rings. The second-order valence-electron chi connectivity index (χ2n) is 6.77. The second kappa shape index (κ2) is 10.3. The summed E-state index contributed by atoms with van der Waals surface area (Å²) in [7, 11) is 5.82. The van der Waals surface area contributed by atoms with Crippen molar-refractivity contribution in [1.29, 1.82) is 0 Å². The highest BCUT2D eigenvalue weighted by Crippen LogP contribution is 2.27. The molecule has 0 aliphatic heterocycles. The van der Waals surface area contributed by atoms with E-state index in [4.69, 9.17) is 9.47 Å². The number of benzene rings is 1. The van der Waals surface area contributed by atoms with E-state index in [0.29, 0.717) is 6.61 Å². The Bertz CT molecular complexity index is 652. The molecule has 0 saturated heterocycles. The Morgan fingerprint density at radius 2 is 1.96 bits per heavy atom. The van der Waals surface area contributed by atoms with Crippen LogP contribution in [0.15, 0.2) is 30.5 Å². The first-order valence-electron chi connectivity index (χ1n) is 9.19. The lowest BCUT2D eigenvalue weighted by Gasteiger charge is -2.17. The average molecular weight is 361 g/mol. The van der Waals surface area contributed by atoms with Crippen LogP contribution in [0.2, 0.25) is 0 Å². The first-order chi connectivity index (χ1) is 12.5. The molecular formula is C20H32N4O2. The number of aromatic nitrogens is 2. The molecule has 1 aromatic heterocycles. The van der Waals surface area contributed by atoms with Crippen molar-refractivity contribution < 1.29 is 9.47 Å². The highest BCUT2D eigenvalue weighted by Gasteiger charge is 2.15. The van der Waals surface area contributed by atoms with Gasteiger partial charge in [-0.1, -0.05) is 0 Å². The first-order valence-corrected chi connectivity index (χ1v) is 9.19. The summed E-state index contributed by atoms with van der Waals surface area (Å²) in [6, 6.07) is 8.26. The Labute approximate surface area is 157 Å². The third-order valence-corrected chi connectivity index (χ3v) is 4.11. The summed E-state index contributed by atoms with van der Waals surface area (Å²) >= 11 is 0. The summed E-state index contributed by atoms with van der Waals surface area (Å²) in [5.41, 5.74) is 3.51. The van der Waals surface area contributed by atoms with Gasteiger partial charge in [-0.2, -0.15) is 5.10 Å². The maximum atomic E-state index is 5.76. The molecule has 0 bridgehead atoms. The maximum absolute atomic E-state index is 5.76. The molecule has 0 saturated carbocycles. The highest BCUT2D eigenvalue weighted by atomic mass is 16.5. The third kappa shape index (κ3) is 5.83. The lowest BCUT2D eigenvalue weighted by atomic mass is 10.1. The number of hydrogen-bond donors (Lipinski definition) is 1. The van der Waals surface area contributed by atoms with Gasteiger partial charge in [0.2, 0.25) is 0 Å². The van der Waals surface area contributed by atoms with Crippen molar-refractivity contribution in [3.05, 3.63) is 36.0 Å². The SMILES string of the molecule is CNCCN(C)Cc1cnn(CCOC)c1-c1ccc(OC(C)C)cc1. The predicted molar refractivity (Wildman–Crippen MR) is 106 cm³/mol. The lowest BCUT2D eigenvalue weighted by molar-refractivity contribution is 0.184. The zero-order chi connectivity index (χ0) is 18.9. The number of methoxy groups -OCH3 is 1. The standard InChI is InChI=1S/C20H32N4O2/c1-16(2)26-19-8-6-17(7-9-19)20-18(15-23(4)11-10-21-3)14-22-24(20)12-13-25-5/h6-9,14,16,21H,10-13,15H2,1-5H3. The molecule has 2 aromatic rings. The summed E-state index contributed by atoms with van der Waals surface area (Å²) < 4.78 is 13.0. The van der Waals surface area contributed by atoms with Crippen LogP contribution >= 0.6 is 0 Å². The van der Waals surface area contributed by atoms with Crippen LogP contribution in [0, 0.1) is 0 Å². The van der Waals surface area contributed by atoms with Crippen molar-refractivity contribution >= 4 is 0 Å². The van der Waals surface area contributed by atoms with Crippen LogP contribution in [0.5, 0.6) is 5.75 Å². The Balaban J connectivity index is 2.26. The number of likely N-dealkylation sites (N-methyl/N-ethyl adjacent to an activating group) is 2. The molecule has 1 aromatic carbocycles. The van der Waals surface area contributed by atoms with E-state index in [1.54, 1.807) is 7.11 Å². The molecule has 1 N–H and O–H groups in total. The summed E-state index contributed by atoms with van der Waals surface area (Å²) in [4.78, 5) is 2.30. The summed E-state index contributed by atoms with van der Waals surface area (Å²) in [6.07, 6.45) is 2.14. The van der Waals surface area contributed by atoms with Gasteiger partial charge in [-0.05, 0) is 52.2 Å². The van der Waals surface area contributed by atoms with Crippen LogP contribution in [0.3, 0.4) is 0 Å². The van der Waals surface area contributed by atoms with Crippen LogP contribution < -0.4 is 10.1 Å². The van der Waals surface area contributed by atoms with E-state index in [1.807, 2.05) is 43.9 Å². The molecule has 0 aliphatic rings. The van der Waals surface area contributed by atoms with Crippen molar-refractivity contribution in [3.63, 3.8) is 0 Å². The number of ether oxygens (including phenoxy) is 2. The van der Waals surface area contributed by atoms with Gasteiger partial charge in [0, 0.05) is 37.9 Å². The molecule has 0 aliphatic carbocycles. The molecule has 144 valence electrons. The van der Waals surface area contributed by atoms with Gasteiger partial charge in [-0.25, -0.2) is 0 Å². The Morgan fingerprint density at radius 1 is 1.23 bits per heavy atom. The average Bonchev–Trinajstić information content (AvgIpc) is 3.00. The van der Waals surface area contributed by atoms with Crippen LogP contribution in [0.1, 0.15) is 19.4 Å². The Morgan fingerprint density at radius 3 is 2.58 bits per heavy atom. The summed E-state index contributed by atoms with van der Waals surface area (Å²) in [6.45, 7) is 8.24. The molecule has 26 heavy (non-hydrogen) atoms. The van der Waals surface area contributed by atoms with Crippen molar-refractivity contribution in [2.24, 2.45) is 0 Å². The fraction of sp³-hybridized carbons (Fsp3) is 0.550. The van der Waals surface area contributed by atoms with Crippen LogP contribution in [0.25, 0.3) is 11.3 Å². The summed E-state index contributed by atoms with van der Waals surface area (Å²) in [5, 5.41) is 7.79. The number of rotatable bonds is 11. The van der Waals surface area contributed by atoms with E-state index in [0.717, 1.165) is 43.2 Å². The smallest absolute Gasteiger partial charge is 0.119 e. The van der Waals surface area contributed by atoms with Crippen LogP contribution in [0.4, 0.5) is 0 Å². The lowest BCUT2D eigenvalue weighted by Crippen LogP contribution is -2.27. The van der Waals surface area contributed by atoms with Gasteiger partial charge in [-0.15, -0.1) is 0 Å². The van der Waals surface area contributed by atoms with E-state index in [1.165, 1.54) is 5.56 Å². The molecule has 0 atom stereocenters. The van der Waals surface area contributed by atoms with E-state index in [-0.39, 0.29) is 6.10 Å². The quantitative estimate of drug-likeness (QED) is 0.668. The van der Waals surface area contributed by atoms with Gasteiger partial charge in [0.15, 0.2) is 0 Å². The van der Waals surface area contributed by atoms with Gasteiger partial charge in [0.1, 0.15) is 5.75 Å². The summed E-state index contributed by atoms with van der Waals surface area (Å²) in [5.74, 6) is 0.888. The zero-order valence-corrected chi connectivity index (χ0v) is 16.7. The van der Waals surface area contributed by atoms with Crippen molar-refractivity contribution in [3.8, 4) is 17.0 Å². The van der Waals surface area contributed by atoms with Crippen molar-refractivity contribution in [2.45, 2.75) is 33.0 Å². The first kappa shape index (κ1) is 20.4. The minimum absolute atomic E-state index is 0.171. The van der Waals surface area contributed by atoms with Gasteiger partial charge in [-0.3, -0.25) is 4.68 Å². The van der Waals surface area contributed by atoms with E-state index < -0.39 is 0 Å². The minimum atomic E-state index is 0.171. The topological polar surface area (TPSA) is 51.6 Å². The number of hydrogen-bond acceptors (Lipinski definition) is 5. The van der Waals surface area contributed by atoms with Crippen LogP contribution in [-0.2, 0) is 17.8 Å². The van der Waals surface area contributed by atoms with Gasteiger partial charge >= 0.3 is 0 Å². The fourth-order valence-electron chi connectivity index (χ4n) is 2.86. The normalized spacial score (nSPS) is 11.5. The van der Waals surface area contributed by atoms with Crippen molar-refractivity contribution in [1.82, 2.24) is 20.0 Å². The second-order valence-corrected chi connectivity index (χ2v) is 6.77. The molecule has 2 rings (SSSR count). The van der Waals surface area contributed by atoms with Crippen LogP contribution in [-0.4, -0.2) is 61.7 Å². The van der Waals surface area contributed by atoms with E-state index in [2.05, 4.69) is 34.5 Å². The largest absolute Gasteiger partial charge is 0.491 e. The molecular weight excluding hydrogens is 328 g/mol. The van der Waals surface area contributed by atoms with E-state index in [9.17, 15) is 0 Å². The van der Waals surface area contributed by atoms with Gasteiger partial charge in [0.05, 0.1) is 31.1 Å². The maximum Gasteiger partial charge on any atom is 0.119 e. The monoisotopic (exact) mass is 360 g/mol. The third-order valence-electron chi connectivity index (χ3n) is 4.11. The molecule has 1 heterocycles. The zero-order valence-electron chi connectivity index (χ0n) is 16.7. The minimum Gasteiger partial charge on any atom is -0.491 e. The van der Waals surface area contributed by atoms with E-state index >= 15 is 0 Å². The Kier molecular flexibility index (Phi) is 8.09. The molecule has 0 unspecified atom stereocenters. The molecule has 0 spiro atoms. The van der Waals surface area contributed by atoms with Crippen molar-refractivity contribution in [2.75, 3.05) is 40.9 Å². The molecule has 0 radical (unpaired) electrons. The van der Waals surface area contributed by atoms with Gasteiger partial charge in [0.25, 0.3) is 0 Å². The molecule has 0 amide bonds. The highest BCUT2D eigenvalue weighted by molar-refractivity contribution is 5.64.